The molecule has 0 aliphatic carbocycles. The van der Waals surface area contributed by atoms with Crippen molar-refractivity contribution in [1.29, 1.82) is 0 Å². The van der Waals surface area contributed by atoms with Crippen molar-refractivity contribution in [2.24, 2.45) is 5.73 Å². The van der Waals surface area contributed by atoms with Gasteiger partial charge in [0.1, 0.15) is 5.76 Å². The number of nitrogens with two attached hydrogens (primary N) is 1. The first-order valence-electron chi connectivity index (χ1n) is 4.23. The highest BCUT2D eigenvalue weighted by molar-refractivity contribution is 7.99. The van der Waals surface area contributed by atoms with E-state index in [1.54, 1.807) is 6.26 Å². The summed E-state index contributed by atoms with van der Waals surface area (Å²) in [5.74, 6) is 2.14. The van der Waals surface area contributed by atoms with Crippen molar-refractivity contribution in [1.82, 2.24) is 0 Å². The summed E-state index contributed by atoms with van der Waals surface area (Å²) in [6.45, 7) is 2.82. The van der Waals surface area contributed by atoms with Gasteiger partial charge in [-0.2, -0.15) is 0 Å². The van der Waals surface area contributed by atoms with Gasteiger partial charge in [-0.15, -0.1) is 11.8 Å². The Morgan fingerprint density at radius 3 is 3.00 bits per heavy atom. The topological polar surface area (TPSA) is 39.2 Å². The van der Waals surface area contributed by atoms with Crippen LogP contribution in [0.5, 0.6) is 0 Å². The maximum atomic E-state index is 5.62. The Morgan fingerprint density at radius 2 is 2.50 bits per heavy atom. The zero-order valence-electron chi connectivity index (χ0n) is 7.32. The zero-order valence-corrected chi connectivity index (χ0v) is 8.14. The number of furan rings is 1. The Kier molecular flexibility index (Phi) is 4.25. The van der Waals surface area contributed by atoms with Crippen LogP contribution >= 0.6 is 11.8 Å². The van der Waals surface area contributed by atoms with Crippen LogP contribution in [0.1, 0.15) is 24.4 Å². The van der Waals surface area contributed by atoms with Gasteiger partial charge in [-0.05, 0) is 24.3 Å². The molecule has 0 spiro atoms. The molecule has 1 atom stereocenters. The molecule has 0 aliphatic rings. The van der Waals surface area contributed by atoms with E-state index < -0.39 is 0 Å². The fourth-order valence-corrected chi connectivity index (χ4v) is 1.96. The Labute approximate surface area is 77.5 Å². The molecular weight excluding hydrogens is 170 g/mol. The third-order valence-corrected chi connectivity index (χ3v) is 3.07. The first kappa shape index (κ1) is 9.68. The van der Waals surface area contributed by atoms with Gasteiger partial charge in [-0.25, -0.2) is 0 Å². The van der Waals surface area contributed by atoms with Crippen LogP contribution in [0.2, 0.25) is 0 Å². The van der Waals surface area contributed by atoms with Crippen molar-refractivity contribution in [2.45, 2.75) is 18.6 Å². The lowest BCUT2D eigenvalue weighted by Gasteiger charge is -2.10. The number of thioether (sulfide) groups is 1. The molecule has 12 heavy (non-hydrogen) atoms. The molecule has 1 heterocycles. The third kappa shape index (κ3) is 2.57. The molecule has 0 bridgehead atoms. The van der Waals surface area contributed by atoms with Crippen molar-refractivity contribution in [3.8, 4) is 0 Å². The second-order valence-electron chi connectivity index (χ2n) is 2.61. The molecule has 1 aromatic rings. The van der Waals surface area contributed by atoms with Gasteiger partial charge in [0.25, 0.3) is 0 Å². The smallest absolute Gasteiger partial charge is 0.118 e. The van der Waals surface area contributed by atoms with Crippen LogP contribution < -0.4 is 5.73 Å². The predicted octanol–water partition coefficient (Wildman–Crippen LogP) is 2.42. The highest BCUT2D eigenvalue weighted by Gasteiger charge is 2.11. The second-order valence-corrected chi connectivity index (χ2v) is 3.92. The average molecular weight is 185 g/mol. The summed E-state index contributed by atoms with van der Waals surface area (Å²) < 4.78 is 5.28. The van der Waals surface area contributed by atoms with Crippen molar-refractivity contribution in [3.05, 3.63) is 24.2 Å². The molecule has 0 aromatic carbocycles. The lowest BCUT2D eigenvalue weighted by molar-refractivity contribution is 0.507. The maximum Gasteiger partial charge on any atom is 0.118 e. The highest BCUT2D eigenvalue weighted by atomic mass is 32.2. The molecule has 2 nitrogen and oxygen atoms in total. The van der Waals surface area contributed by atoms with Crippen LogP contribution in [0, 0.1) is 0 Å². The molecule has 3 heteroatoms. The van der Waals surface area contributed by atoms with Gasteiger partial charge in [-0.1, -0.05) is 6.92 Å². The highest BCUT2D eigenvalue weighted by Crippen LogP contribution is 2.28. The molecule has 1 unspecified atom stereocenters. The van der Waals surface area contributed by atoms with E-state index in [1.165, 1.54) is 6.42 Å². The lowest BCUT2D eigenvalue weighted by atomic mass is 10.3. The van der Waals surface area contributed by atoms with Gasteiger partial charge in [0.2, 0.25) is 0 Å². The molecule has 1 aromatic heterocycles. The predicted molar refractivity (Wildman–Crippen MR) is 53.3 cm³/mol. The van der Waals surface area contributed by atoms with Crippen LogP contribution in [0.25, 0.3) is 0 Å². The number of rotatable bonds is 5. The summed E-state index contributed by atoms with van der Waals surface area (Å²) in [6, 6.07) is 3.89. The number of hydrogen-bond donors (Lipinski definition) is 1. The largest absolute Gasteiger partial charge is 0.468 e. The van der Waals surface area contributed by atoms with E-state index in [0.717, 1.165) is 11.5 Å². The average Bonchev–Trinajstić information content (AvgIpc) is 2.59. The fourth-order valence-electron chi connectivity index (χ4n) is 1.00. The Morgan fingerprint density at radius 1 is 1.67 bits per heavy atom. The summed E-state index contributed by atoms with van der Waals surface area (Å²) in [6.07, 6.45) is 2.88. The number of hydrogen-bond acceptors (Lipinski definition) is 3. The molecule has 0 aliphatic heterocycles. The summed E-state index contributed by atoms with van der Waals surface area (Å²) in [7, 11) is 0. The normalized spacial score (nSPS) is 13.2. The van der Waals surface area contributed by atoms with Crippen molar-refractivity contribution >= 4 is 11.8 Å². The first-order chi connectivity index (χ1) is 5.88. The van der Waals surface area contributed by atoms with E-state index in [-0.39, 0.29) is 0 Å². The maximum absolute atomic E-state index is 5.62. The zero-order chi connectivity index (χ0) is 8.81. The molecule has 2 N–H and O–H groups in total. The van der Waals surface area contributed by atoms with Gasteiger partial charge in [0.05, 0.1) is 11.5 Å². The van der Waals surface area contributed by atoms with Crippen LogP contribution in [0.15, 0.2) is 22.8 Å². The summed E-state index contributed by atoms with van der Waals surface area (Å²) in [5, 5.41) is 0.333. The van der Waals surface area contributed by atoms with E-state index in [1.807, 2.05) is 23.9 Å². The van der Waals surface area contributed by atoms with Crippen molar-refractivity contribution in [2.75, 3.05) is 12.3 Å². The quantitative estimate of drug-likeness (QED) is 0.765. The van der Waals surface area contributed by atoms with E-state index in [4.69, 9.17) is 10.2 Å². The summed E-state index contributed by atoms with van der Waals surface area (Å²) in [5.41, 5.74) is 5.62. The van der Waals surface area contributed by atoms with Crippen LogP contribution in [0.4, 0.5) is 0 Å². The Hall–Kier alpha value is -0.410. The third-order valence-electron chi connectivity index (χ3n) is 1.60. The second kappa shape index (κ2) is 5.27. The molecule has 68 valence electrons. The Balaban J connectivity index is 2.45. The van der Waals surface area contributed by atoms with Gasteiger partial charge in [0, 0.05) is 6.54 Å². The monoisotopic (exact) mass is 185 g/mol. The lowest BCUT2D eigenvalue weighted by Crippen LogP contribution is -2.08. The van der Waals surface area contributed by atoms with E-state index in [2.05, 4.69) is 6.92 Å². The summed E-state index contributed by atoms with van der Waals surface area (Å²) >= 11 is 1.86. The molecule has 0 radical (unpaired) electrons. The van der Waals surface area contributed by atoms with Crippen LogP contribution in [-0.2, 0) is 0 Å². The van der Waals surface area contributed by atoms with Crippen LogP contribution in [0.3, 0.4) is 0 Å². The van der Waals surface area contributed by atoms with Crippen LogP contribution in [-0.4, -0.2) is 12.3 Å². The van der Waals surface area contributed by atoms with Crippen molar-refractivity contribution < 1.29 is 4.42 Å². The van der Waals surface area contributed by atoms with Gasteiger partial charge in [0.15, 0.2) is 0 Å². The SMILES string of the molecule is CCCSC(CN)c1ccco1. The first-order valence-corrected chi connectivity index (χ1v) is 5.28. The molecule has 0 saturated heterocycles. The standard InChI is InChI=1S/C9H15NOS/c1-2-6-12-9(7-10)8-4-3-5-11-8/h3-5,9H,2,6-7,10H2,1H3. The fraction of sp³-hybridized carbons (Fsp3) is 0.556. The van der Waals surface area contributed by atoms with E-state index >= 15 is 0 Å². The van der Waals surface area contributed by atoms with E-state index in [9.17, 15) is 0 Å². The molecule has 0 saturated carbocycles. The van der Waals surface area contributed by atoms with E-state index in [0.29, 0.717) is 11.8 Å². The van der Waals surface area contributed by atoms with Gasteiger partial charge >= 0.3 is 0 Å². The minimum Gasteiger partial charge on any atom is -0.468 e. The molecular formula is C9H15NOS. The Bertz CT molecular complexity index is 198. The van der Waals surface area contributed by atoms with Crippen molar-refractivity contribution in [3.63, 3.8) is 0 Å². The summed E-state index contributed by atoms with van der Waals surface area (Å²) in [4.78, 5) is 0. The minimum atomic E-state index is 0.333. The molecule has 0 amide bonds. The minimum absolute atomic E-state index is 0.333. The molecule has 1 rings (SSSR count). The van der Waals surface area contributed by atoms with Gasteiger partial charge in [-0.3, -0.25) is 0 Å². The van der Waals surface area contributed by atoms with Gasteiger partial charge < -0.3 is 10.2 Å². The molecule has 0 fully saturated rings.